The van der Waals surface area contributed by atoms with Crippen molar-refractivity contribution in [2.75, 3.05) is 52.9 Å². The molecule has 0 saturated carbocycles. The fourth-order valence-electron chi connectivity index (χ4n) is 1.51. The average molecular weight is 358 g/mol. The third-order valence-electron chi connectivity index (χ3n) is 2.66. The number of phosphoric ester groups is 1. The van der Waals surface area contributed by atoms with Crippen molar-refractivity contribution in [3.8, 4) is 0 Å². The zero-order valence-electron chi connectivity index (χ0n) is 14.2. The standard InChI is InChI=1S/C14H31O8P/c1-3-5-6-7-8-20-22-23(15,16)21-14-13-19-12-11-18-10-9-17-4-2/h3-14H2,1-2H3,(H,15,16). The molecule has 0 aliphatic heterocycles. The van der Waals surface area contributed by atoms with Crippen molar-refractivity contribution >= 4 is 7.82 Å². The van der Waals surface area contributed by atoms with E-state index in [1.54, 1.807) is 0 Å². The molecule has 8 nitrogen and oxygen atoms in total. The summed E-state index contributed by atoms with van der Waals surface area (Å²) >= 11 is 0. The lowest BCUT2D eigenvalue weighted by Gasteiger charge is -2.11. The molecule has 0 saturated heterocycles. The van der Waals surface area contributed by atoms with Gasteiger partial charge in [0, 0.05) is 6.61 Å². The Bertz CT molecular complexity index is 290. The number of phosphoric acid groups is 1. The van der Waals surface area contributed by atoms with E-state index in [0.717, 1.165) is 25.7 Å². The molecule has 0 aromatic heterocycles. The molecule has 0 spiro atoms. The summed E-state index contributed by atoms with van der Waals surface area (Å²) in [6, 6.07) is 0. The van der Waals surface area contributed by atoms with Crippen LogP contribution >= 0.6 is 7.82 Å². The Labute approximate surface area is 138 Å². The van der Waals surface area contributed by atoms with E-state index in [1.165, 1.54) is 0 Å². The summed E-state index contributed by atoms with van der Waals surface area (Å²) in [5, 5.41) is 0. The predicted octanol–water partition coefficient (Wildman–Crippen LogP) is 2.70. The first kappa shape index (κ1) is 22.9. The molecule has 1 atom stereocenters. The summed E-state index contributed by atoms with van der Waals surface area (Å²) in [6.45, 7) is 6.94. The van der Waals surface area contributed by atoms with Gasteiger partial charge < -0.3 is 19.1 Å². The Morgan fingerprint density at radius 1 is 0.783 bits per heavy atom. The third-order valence-corrected chi connectivity index (χ3v) is 3.46. The highest BCUT2D eigenvalue weighted by Crippen LogP contribution is 2.43. The first-order valence-corrected chi connectivity index (χ1v) is 9.63. The summed E-state index contributed by atoms with van der Waals surface area (Å²) < 4.78 is 36.0. The van der Waals surface area contributed by atoms with Crippen molar-refractivity contribution in [1.82, 2.24) is 0 Å². The van der Waals surface area contributed by atoms with Crippen LogP contribution in [0.2, 0.25) is 0 Å². The van der Waals surface area contributed by atoms with Crippen LogP contribution < -0.4 is 0 Å². The van der Waals surface area contributed by atoms with E-state index in [-0.39, 0.29) is 19.8 Å². The quantitative estimate of drug-likeness (QED) is 0.173. The molecule has 9 heteroatoms. The number of ether oxygens (including phenoxy) is 3. The number of hydrogen-bond donors (Lipinski definition) is 1. The molecule has 0 heterocycles. The normalized spacial score (nSPS) is 14.0. The summed E-state index contributed by atoms with van der Waals surface area (Å²) in [7, 11) is -4.17. The lowest BCUT2D eigenvalue weighted by Crippen LogP contribution is -2.11. The maximum absolute atomic E-state index is 11.4. The largest absolute Gasteiger partial charge is 0.499 e. The van der Waals surface area contributed by atoms with Crippen LogP contribution in [-0.2, 0) is 32.9 Å². The van der Waals surface area contributed by atoms with Gasteiger partial charge in [-0.3, -0.25) is 4.52 Å². The molecule has 23 heavy (non-hydrogen) atoms. The molecular weight excluding hydrogens is 327 g/mol. The fraction of sp³-hybridized carbons (Fsp3) is 1.00. The zero-order chi connectivity index (χ0) is 17.2. The third kappa shape index (κ3) is 18.1. The molecule has 0 rings (SSSR count). The van der Waals surface area contributed by atoms with E-state index >= 15 is 0 Å². The molecule has 0 aromatic rings. The van der Waals surface area contributed by atoms with Crippen LogP contribution in [0.25, 0.3) is 0 Å². The maximum Gasteiger partial charge on any atom is 0.499 e. The van der Waals surface area contributed by atoms with Gasteiger partial charge in [0.25, 0.3) is 0 Å². The zero-order valence-corrected chi connectivity index (χ0v) is 15.1. The molecule has 0 aromatic carbocycles. The van der Waals surface area contributed by atoms with Crippen LogP contribution in [0.15, 0.2) is 0 Å². The van der Waals surface area contributed by atoms with Gasteiger partial charge in [0.05, 0.1) is 46.2 Å². The Kier molecular flexibility index (Phi) is 16.8. The van der Waals surface area contributed by atoms with Crippen molar-refractivity contribution in [2.45, 2.75) is 39.5 Å². The van der Waals surface area contributed by atoms with Gasteiger partial charge >= 0.3 is 7.82 Å². The molecule has 1 unspecified atom stereocenters. The van der Waals surface area contributed by atoms with Crippen molar-refractivity contribution in [1.29, 1.82) is 0 Å². The molecule has 0 bridgehead atoms. The van der Waals surface area contributed by atoms with E-state index in [2.05, 4.69) is 16.5 Å². The number of unbranched alkanes of at least 4 members (excludes halogenated alkanes) is 3. The smallest absolute Gasteiger partial charge is 0.379 e. The molecule has 0 amide bonds. The van der Waals surface area contributed by atoms with Crippen LogP contribution in [-0.4, -0.2) is 57.7 Å². The van der Waals surface area contributed by atoms with Gasteiger partial charge in [0.1, 0.15) is 0 Å². The fourth-order valence-corrected chi connectivity index (χ4v) is 2.06. The molecule has 0 fully saturated rings. The number of hydrogen-bond acceptors (Lipinski definition) is 7. The Balaban J connectivity index is 3.33. The monoisotopic (exact) mass is 358 g/mol. The van der Waals surface area contributed by atoms with Crippen molar-refractivity contribution in [3.63, 3.8) is 0 Å². The van der Waals surface area contributed by atoms with Crippen LogP contribution in [0.5, 0.6) is 0 Å². The lowest BCUT2D eigenvalue weighted by atomic mass is 10.2. The van der Waals surface area contributed by atoms with Gasteiger partial charge in [-0.15, -0.1) is 4.67 Å². The van der Waals surface area contributed by atoms with Crippen LogP contribution in [0.4, 0.5) is 0 Å². The molecule has 0 aliphatic rings. The van der Waals surface area contributed by atoms with Crippen LogP contribution in [0, 0.1) is 0 Å². The van der Waals surface area contributed by atoms with Gasteiger partial charge in [0.2, 0.25) is 0 Å². The lowest BCUT2D eigenvalue weighted by molar-refractivity contribution is -0.225. The molecule has 0 aliphatic carbocycles. The summed E-state index contributed by atoms with van der Waals surface area (Å²) in [5.41, 5.74) is 0. The first-order valence-electron chi connectivity index (χ1n) is 8.14. The molecule has 1 N–H and O–H groups in total. The van der Waals surface area contributed by atoms with Gasteiger partial charge in [-0.05, 0) is 13.3 Å². The van der Waals surface area contributed by atoms with E-state index in [9.17, 15) is 9.46 Å². The van der Waals surface area contributed by atoms with Crippen molar-refractivity contribution < 1.29 is 37.8 Å². The van der Waals surface area contributed by atoms with E-state index in [4.69, 9.17) is 18.7 Å². The van der Waals surface area contributed by atoms with E-state index in [1.807, 2.05) is 6.92 Å². The maximum atomic E-state index is 11.4. The van der Waals surface area contributed by atoms with Crippen molar-refractivity contribution in [2.24, 2.45) is 0 Å². The van der Waals surface area contributed by atoms with Gasteiger partial charge in [-0.2, -0.15) is 0 Å². The minimum atomic E-state index is -4.17. The molecule has 0 radical (unpaired) electrons. The van der Waals surface area contributed by atoms with Gasteiger partial charge in [-0.25, -0.2) is 9.45 Å². The highest BCUT2D eigenvalue weighted by atomic mass is 31.2. The SMILES string of the molecule is CCCCCCOOP(=O)(O)OCCOCCOCCOCC. The second-order valence-electron chi connectivity index (χ2n) is 4.68. The highest BCUT2D eigenvalue weighted by molar-refractivity contribution is 7.47. The minimum absolute atomic E-state index is 0.0636. The van der Waals surface area contributed by atoms with Crippen LogP contribution in [0.3, 0.4) is 0 Å². The second kappa shape index (κ2) is 16.8. The first-order chi connectivity index (χ1) is 11.1. The summed E-state index contributed by atoms with van der Waals surface area (Å²) in [6.07, 6.45) is 3.99. The van der Waals surface area contributed by atoms with Crippen molar-refractivity contribution in [3.05, 3.63) is 0 Å². The molecule has 140 valence electrons. The average Bonchev–Trinajstić information content (AvgIpc) is 2.52. The Morgan fingerprint density at radius 3 is 2.00 bits per heavy atom. The Hall–Kier alpha value is -0.0500. The summed E-state index contributed by atoms with van der Waals surface area (Å²) in [5.74, 6) is 0. The highest BCUT2D eigenvalue weighted by Gasteiger charge is 2.22. The van der Waals surface area contributed by atoms with Gasteiger partial charge in [-0.1, -0.05) is 26.2 Å². The van der Waals surface area contributed by atoms with E-state index in [0.29, 0.717) is 33.0 Å². The summed E-state index contributed by atoms with van der Waals surface area (Å²) in [4.78, 5) is 14.0. The molecular formula is C14H31O8P. The minimum Gasteiger partial charge on any atom is -0.379 e. The topological polar surface area (TPSA) is 92.7 Å². The number of rotatable bonds is 18. The van der Waals surface area contributed by atoms with E-state index < -0.39 is 7.82 Å². The Morgan fingerprint density at radius 2 is 1.39 bits per heavy atom. The predicted molar refractivity (Wildman–Crippen MR) is 85.1 cm³/mol. The second-order valence-corrected chi connectivity index (χ2v) is 6.03. The van der Waals surface area contributed by atoms with Gasteiger partial charge in [0.15, 0.2) is 0 Å². The van der Waals surface area contributed by atoms with Crippen LogP contribution in [0.1, 0.15) is 39.5 Å².